The van der Waals surface area contributed by atoms with Crippen molar-refractivity contribution < 1.29 is 9.59 Å². The van der Waals surface area contributed by atoms with E-state index < -0.39 is 0 Å². The van der Waals surface area contributed by atoms with Gasteiger partial charge in [-0.2, -0.15) is 5.10 Å². The number of fused-ring (bicyclic) bond motifs is 1. The Morgan fingerprint density at radius 3 is 3.00 bits per heavy atom. The number of likely N-dealkylation sites (tertiary alicyclic amines) is 1. The lowest BCUT2D eigenvalue weighted by Gasteiger charge is -2.31. The number of carbonyl (C=O) groups excluding carboxylic acids is 2. The summed E-state index contributed by atoms with van der Waals surface area (Å²) in [6.45, 7) is 1.12. The molecule has 1 fully saturated rings. The number of amides is 2. The third-order valence-corrected chi connectivity index (χ3v) is 4.04. The summed E-state index contributed by atoms with van der Waals surface area (Å²) in [5.41, 5.74) is 7.02. The average Bonchev–Trinajstić information content (AvgIpc) is 2.91. The highest BCUT2D eigenvalue weighted by Gasteiger charge is 2.27. The number of nitrogens with two attached hydrogens (primary N) is 1. The van der Waals surface area contributed by atoms with E-state index in [1.165, 1.54) is 0 Å². The molecule has 3 N–H and O–H groups in total. The zero-order valence-electron chi connectivity index (χ0n) is 11.7. The first-order chi connectivity index (χ1) is 10.1. The number of primary amides is 1. The molecule has 110 valence electrons. The molecule has 2 aromatic rings. The minimum absolute atomic E-state index is 0.00959. The van der Waals surface area contributed by atoms with Crippen molar-refractivity contribution in [2.45, 2.75) is 19.3 Å². The van der Waals surface area contributed by atoms with Crippen LogP contribution in [0.2, 0.25) is 0 Å². The van der Waals surface area contributed by atoms with Crippen LogP contribution < -0.4 is 5.73 Å². The number of nitrogens with one attached hydrogen (secondary N) is 1. The van der Waals surface area contributed by atoms with Crippen LogP contribution >= 0.6 is 0 Å². The molecule has 21 heavy (non-hydrogen) atoms. The molecule has 6 nitrogen and oxygen atoms in total. The highest BCUT2D eigenvalue weighted by Crippen LogP contribution is 2.19. The topological polar surface area (TPSA) is 92.1 Å². The summed E-state index contributed by atoms with van der Waals surface area (Å²) in [6, 6.07) is 7.69. The third-order valence-electron chi connectivity index (χ3n) is 4.04. The Morgan fingerprint density at radius 2 is 2.19 bits per heavy atom. The van der Waals surface area contributed by atoms with E-state index in [1.807, 2.05) is 24.3 Å². The van der Waals surface area contributed by atoms with Crippen molar-refractivity contribution >= 4 is 22.7 Å². The van der Waals surface area contributed by atoms with E-state index in [0.29, 0.717) is 13.1 Å². The summed E-state index contributed by atoms with van der Waals surface area (Å²) in [4.78, 5) is 25.4. The van der Waals surface area contributed by atoms with Crippen LogP contribution in [0.15, 0.2) is 24.3 Å². The molecule has 6 heteroatoms. The van der Waals surface area contributed by atoms with Gasteiger partial charge >= 0.3 is 0 Å². The quantitative estimate of drug-likeness (QED) is 0.875. The van der Waals surface area contributed by atoms with Crippen LogP contribution in [0.1, 0.15) is 18.5 Å². The maximum absolute atomic E-state index is 12.4. The molecule has 0 spiro atoms. The Kier molecular flexibility index (Phi) is 3.60. The number of benzene rings is 1. The molecule has 0 bridgehead atoms. The summed E-state index contributed by atoms with van der Waals surface area (Å²) < 4.78 is 0. The number of aromatic amines is 1. The van der Waals surface area contributed by atoms with Gasteiger partial charge in [0.1, 0.15) is 0 Å². The maximum atomic E-state index is 12.4. The van der Waals surface area contributed by atoms with Gasteiger partial charge in [-0.1, -0.05) is 18.2 Å². The Balaban J connectivity index is 1.72. The van der Waals surface area contributed by atoms with E-state index in [1.54, 1.807) is 4.90 Å². The van der Waals surface area contributed by atoms with Gasteiger partial charge in [0, 0.05) is 18.5 Å². The summed E-state index contributed by atoms with van der Waals surface area (Å²) in [5.74, 6) is -0.531. The molecular formula is C15H18N4O2. The second kappa shape index (κ2) is 5.55. The van der Waals surface area contributed by atoms with Crippen LogP contribution in [0.5, 0.6) is 0 Å². The molecule has 0 aliphatic carbocycles. The molecule has 0 saturated carbocycles. The lowest BCUT2D eigenvalue weighted by Crippen LogP contribution is -2.44. The fourth-order valence-corrected chi connectivity index (χ4v) is 2.85. The molecule has 1 aromatic heterocycles. The fourth-order valence-electron chi connectivity index (χ4n) is 2.85. The van der Waals surface area contributed by atoms with Gasteiger partial charge in [0.25, 0.3) is 0 Å². The third kappa shape index (κ3) is 2.74. The standard InChI is InChI=1S/C15H18N4O2/c16-15(21)10-4-3-7-19(9-10)14(20)8-13-11-5-1-2-6-12(11)17-18-13/h1-2,5-6,10H,3-4,7-9H2,(H2,16,21)(H,17,18). The molecule has 1 aliphatic rings. The lowest BCUT2D eigenvalue weighted by molar-refractivity contribution is -0.134. The van der Waals surface area contributed by atoms with Crippen LogP contribution in [0.4, 0.5) is 0 Å². The number of rotatable bonds is 3. The normalized spacial score (nSPS) is 18.9. The largest absolute Gasteiger partial charge is 0.369 e. The van der Waals surface area contributed by atoms with Crippen LogP contribution in [-0.2, 0) is 16.0 Å². The second-order valence-corrected chi connectivity index (χ2v) is 5.48. The Labute approximate surface area is 122 Å². The minimum atomic E-state index is -0.320. The predicted octanol–water partition coefficient (Wildman–Crippen LogP) is 0.829. The van der Waals surface area contributed by atoms with Crippen LogP contribution in [-0.4, -0.2) is 40.0 Å². The van der Waals surface area contributed by atoms with Crippen molar-refractivity contribution in [3.05, 3.63) is 30.0 Å². The van der Waals surface area contributed by atoms with Crippen molar-refractivity contribution in [3.8, 4) is 0 Å². The number of piperidine rings is 1. The lowest BCUT2D eigenvalue weighted by atomic mass is 9.97. The van der Waals surface area contributed by atoms with Gasteiger partial charge < -0.3 is 10.6 Å². The van der Waals surface area contributed by atoms with Crippen LogP contribution in [0.3, 0.4) is 0 Å². The molecular weight excluding hydrogens is 268 g/mol. The van der Waals surface area contributed by atoms with E-state index in [-0.39, 0.29) is 24.2 Å². The second-order valence-electron chi connectivity index (χ2n) is 5.48. The number of hydrogen-bond acceptors (Lipinski definition) is 3. The molecule has 1 atom stereocenters. The Bertz CT molecular complexity index is 679. The van der Waals surface area contributed by atoms with Crippen molar-refractivity contribution in [3.63, 3.8) is 0 Å². The number of H-pyrrole nitrogens is 1. The summed E-state index contributed by atoms with van der Waals surface area (Å²) in [6.07, 6.45) is 1.86. The number of hydrogen-bond donors (Lipinski definition) is 2. The molecule has 1 saturated heterocycles. The summed E-state index contributed by atoms with van der Waals surface area (Å²) in [5, 5.41) is 8.09. The first kappa shape index (κ1) is 13.6. The SMILES string of the molecule is NC(=O)C1CCCN(C(=O)Cc2[nH]nc3ccccc23)C1. The first-order valence-corrected chi connectivity index (χ1v) is 7.14. The van der Waals surface area contributed by atoms with Gasteiger partial charge in [-0.15, -0.1) is 0 Å². The molecule has 3 rings (SSSR count). The predicted molar refractivity (Wildman–Crippen MR) is 78.3 cm³/mol. The van der Waals surface area contributed by atoms with E-state index in [4.69, 9.17) is 5.73 Å². The molecule has 2 heterocycles. The van der Waals surface area contributed by atoms with Crippen molar-refractivity contribution in [2.75, 3.05) is 13.1 Å². The van der Waals surface area contributed by atoms with E-state index in [9.17, 15) is 9.59 Å². The molecule has 1 aromatic carbocycles. The highest BCUT2D eigenvalue weighted by molar-refractivity contribution is 5.87. The first-order valence-electron chi connectivity index (χ1n) is 7.14. The monoisotopic (exact) mass is 286 g/mol. The van der Waals surface area contributed by atoms with Gasteiger partial charge in [0.2, 0.25) is 11.8 Å². The number of nitrogens with zero attached hydrogens (tertiary/aromatic N) is 2. The van der Waals surface area contributed by atoms with Crippen molar-refractivity contribution in [2.24, 2.45) is 11.7 Å². The van der Waals surface area contributed by atoms with Crippen LogP contribution in [0.25, 0.3) is 10.9 Å². The average molecular weight is 286 g/mol. The van der Waals surface area contributed by atoms with Gasteiger partial charge in [-0.3, -0.25) is 14.7 Å². The van der Waals surface area contributed by atoms with E-state index >= 15 is 0 Å². The zero-order chi connectivity index (χ0) is 14.8. The Morgan fingerprint density at radius 1 is 1.38 bits per heavy atom. The number of aromatic nitrogens is 2. The molecule has 1 aliphatic heterocycles. The zero-order valence-corrected chi connectivity index (χ0v) is 11.7. The van der Waals surface area contributed by atoms with E-state index in [0.717, 1.165) is 29.4 Å². The summed E-state index contributed by atoms with van der Waals surface area (Å²) >= 11 is 0. The van der Waals surface area contributed by atoms with E-state index in [2.05, 4.69) is 10.2 Å². The minimum Gasteiger partial charge on any atom is -0.369 e. The van der Waals surface area contributed by atoms with Gasteiger partial charge in [0.05, 0.1) is 23.5 Å². The van der Waals surface area contributed by atoms with Crippen molar-refractivity contribution in [1.29, 1.82) is 0 Å². The van der Waals surface area contributed by atoms with Gasteiger partial charge in [-0.25, -0.2) is 0 Å². The number of carbonyl (C=O) groups is 2. The van der Waals surface area contributed by atoms with Gasteiger partial charge in [0.15, 0.2) is 0 Å². The fraction of sp³-hybridized carbons (Fsp3) is 0.400. The summed E-state index contributed by atoms with van der Waals surface area (Å²) in [7, 11) is 0. The smallest absolute Gasteiger partial charge is 0.228 e. The van der Waals surface area contributed by atoms with Crippen molar-refractivity contribution in [1.82, 2.24) is 15.1 Å². The van der Waals surface area contributed by atoms with Gasteiger partial charge in [-0.05, 0) is 18.9 Å². The molecule has 2 amide bonds. The molecule has 0 radical (unpaired) electrons. The highest BCUT2D eigenvalue weighted by atomic mass is 16.2. The van der Waals surface area contributed by atoms with Crippen LogP contribution in [0, 0.1) is 5.92 Å². The maximum Gasteiger partial charge on any atom is 0.228 e. The Hall–Kier alpha value is -2.37. The molecule has 1 unspecified atom stereocenters. The number of para-hydroxylation sites is 1.